The van der Waals surface area contributed by atoms with Crippen LogP contribution in [0.5, 0.6) is 0 Å². The number of benzene rings is 1. The molecular weight excluding hydrogens is 245 g/mol. The second kappa shape index (κ2) is 4.09. The van der Waals surface area contributed by atoms with Gasteiger partial charge < -0.3 is 4.90 Å². The third-order valence-corrected chi connectivity index (χ3v) is 4.66. The summed E-state index contributed by atoms with van der Waals surface area (Å²) in [7, 11) is 3.95. The SMILES string of the molecule is CN(C)c1ccc([Si](Cl)(Cl)Cl)cc1. The number of rotatable bonds is 2. The van der Waals surface area contributed by atoms with Crippen molar-refractivity contribution >= 4 is 50.1 Å². The van der Waals surface area contributed by atoms with Gasteiger partial charge in [-0.15, -0.1) is 33.2 Å². The highest BCUT2D eigenvalue weighted by Gasteiger charge is 2.27. The smallest absolute Gasteiger partial charge is 0.372 e. The van der Waals surface area contributed by atoms with Crippen LogP contribution in [0.1, 0.15) is 0 Å². The Morgan fingerprint density at radius 2 is 1.46 bits per heavy atom. The second-order valence-electron chi connectivity index (χ2n) is 2.94. The van der Waals surface area contributed by atoms with Crippen molar-refractivity contribution in [3.63, 3.8) is 0 Å². The zero-order valence-corrected chi connectivity index (χ0v) is 10.7. The van der Waals surface area contributed by atoms with Gasteiger partial charge in [0.15, 0.2) is 0 Å². The fourth-order valence-corrected chi connectivity index (χ4v) is 2.63. The molecule has 72 valence electrons. The van der Waals surface area contributed by atoms with Crippen LogP contribution in [-0.4, -0.2) is 20.1 Å². The van der Waals surface area contributed by atoms with Gasteiger partial charge in [0.1, 0.15) is 0 Å². The minimum Gasteiger partial charge on any atom is -0.378 e. The van der Waals surface area contributed by atoms with Crippen LogP contribution < -0.4 is 10.1 Å². The fourth-order valence-electron chi connectivity index (χ4n) is 0.949. The molecule has 13 heavy (non-hydrogen) atoms. The van der Waals surface area contributed by atoms with Crippen LogP contribution >= 0.6 is 33.2 Å². The number of nitrogens with zero attached hydrogens (tertiary/aromatic N) is 1. The Morgan fingerprint density at radius 1 is 1.00 bits per heavy atom. The molecule has 0 unspecified atom stereocenters. The molecule has 0 radical (unpaired) electrons. The summed E-state index contributed by atoms with van der Waals surface area (Å²) in [5.41, 5.74) is 1.10. The summed E-state index contributed by atoms with van der Waals surface area (Å²) < 4.78 is 0. The highest BCUT2D eigenvalue weighted by molar-refractivity contribution is 7.69. The lowest BCUT2D eigenvalue weighted by atomic mass is 10.3. The van der Waals surface area contributed by atoms with Gasteiger partial charge >= 0.3 is 6.00 Å². The van der Waals surface area contributed by atoms with Crippen molar-refractivity contribution in [3.8, 4) is 0 Å². The van der Waals surface area contributed by atoms with E-state index in [-0.39, 0.29) is 0 Å². The molecule has 1 rings (SSSR count). The Bertz CT molecular complexity index is 278. The molecule has 0 aliphatic heterocycles. The Kier molecular flexibility index (Phi) is 3.52. The summed E-state index contributed by atoms with van der Waals surface area (Å²) >= 11 is 17.5. The van der Waals surface area contributed by atoms with Gasteiger partial charge in [0.25, 0.3) is 0 Å². The van der Waals surface area contributed by atoms with Gasteiger partial charge in [-0.1, -0.05) is 12.1 Å². The normalized spacial score (nSPS) is 11.5. The highest BCUT2D eigenvalue weighted by Crippen LogP contribution is 2.20. The molecule has 0 heterocycles. The fraction of sp³-hybridized carbons (Fsp3) is 0.250. The summed E-state index contributed by atoms with van der Waals surface area (Å²) in [6.07, 6.45) is 0. The first-order valence-corrected chi connectivity index (χ1v) is 8.79. The van der Waals surface area contributed by atoms with Gasteiger partial charge in [-0.25, -0.2) is 0 Å². The lowest BCUT2D eigenvalue weighted by molar-refractivity contribution is 1.13. The van der Waals surface area contributed by atoms with Crippen LogP contribution in [0.25, 0.3) is 0 Å². The third-order valence-electron chi connectivity index (χ3n) is 1.71. The van der Waals surface area contributed by atoms with Crippen molar-refractivity contribution in [2.24, 2.45) is 0 Å². The first-order chi connectivity index (χ1) is 5.91. The molecular formula is C8H10Cl3NSi. The Morgan fingerprint density at radius 3 is 1.77 bits per heavy atom. The van der Waals surface area contributed by atoms with Crippen LogP contribution in [0.2, 0.25) is 0 Å². The van der Waals surface area contributed by atoms with Crippen molar-refractivity contribution in [1.82, 2.24) is 0 Å². The number of hydrogen-bond acceptors (Lipinski definition) is 1. The number of halogens is 3. The van der Waals surface area contributed by atoms with E-state index in [9.17, 15) is 0 Å². The summed E-state index contributed by atoms with van der Waals surface area (Å²) in [5, 5.41) is 0.822. The van der Waals surface area contributed by atoms with Crippen molar-refractivity contribution in [2.45, 2.75) is 0 Å². The minimum absolute atomic E-state index is 0.822. The van der Waals surface area contributed by atoms with Gasteiger partial charge in [-0.2, -0.15) is 0 Å². The van der Waals surface area contributed by atoms with Gasteiger partial charge in [-0.3, -0.25) is 0 Å². The third kappa shape index (κ3) is 3.06. The lowest BCUT2D eigenvalue weighted by Gasteiger charge is -2.14. The van der Waals surface area contributed by atoms with Crippen molar-refractivity contribution in [2.75, 3.05) is 19.0 Å². The molecule has 1 nitrogen and oxygen atoms in total. The van der Waals surface area contributed by atoms with Gasteiger partial charge in [0.05, 0.1) is 0 Å². The molecule has 5 heteroatoms. The maximum absolute atomic E-state index is 5.85. The van der Waals surface area contributed by atoms with E-state index in [2.05, 4.69) is 0 Å². The van der Waals surface area contributed by atoms with Crippen LogP contribution in [0.3, 0.4) is 0 Å². The van der Waals surface area contributed by atoms with Crippen LogP contribution in [0.4, 0.5) is 5.69 Å². The zero-order chi connectivity index (χ0) is 10.1. The molecule has 0 bridgehead atoms. The maximum atomic E-state index is 5.85. The molecule has 1 aromatic rings. The van der Waals surface area contributed by atoms with E-state index in [0.29, 0.717) is 0 Å². The average Bonchev–Trinajstić information content (AvgIpc) is 2.03. The Labute approximate surface area is 93.3 Å². The number of hydrogen-bond donors (Lipinski definition) is 0. The van der Waals surface area contributed by atoms with Gasteiger partial charge in [0.2, 0.25) is 0 Å². The molecule has 0 saturated carbocycles. The monoisotopic (exact) mass is 253 g/mol. The van der Waals surface area contributed by atoms with Gasteiger partial charge in [0, 0.05) is 19.8 Å². The van der Waals surface area contributed by atoms with E-state index in [1.165, 1.54) is 0 Å². The van der Waals surface area contributed by atoms with E-state index in [4.69, 9.17) is 33.2 Å². The summed E-state index contributed by atoms with van der Waals surface area (Å²) in [6, 6.07) is 4.94. The van der Waals surface area contributed by atoms with Crippen molar-refractivity contribution in [3.05, 3.63) is 24.3 Å². The maximum Gasteiger partial charge on any atom is 0.372 e. The second-order valence-corrected chi connectivity index (χ2v) is 11.4. The summed E-state index contributed by atoms with van der Waals surface area (Å²) in [6.45, 7) is 0. The molecule has 0 N–H and O–H groups in total. The van der Waals surface area contributed by atoms with E-state index in [0.717, 1.165) is 10.9 Å². The number of anilines is 1. The van der Waals surface area contributed by atoms with E-state index in [1.807, 2.05) is 43.3 Å². The van der Waals surface area contributed by atoms with Crippen LogP contribution in [0.15, 0.2) is 24.3 Å². The molecule has 0 aliphatic carbocycles. The molecule has 1 aromatic carbocycles. The largest absolute Gasteiger partial charge is 0.378 e. The first kappa shape index (κ1) is 11.2. The Balaban J connectivity index is 2.94. The molecule has 0 fully saturated rings. The van der Waals surface area contributed by atoms with E-state index < -0.39 is 6.00 Å². The predicted octanol–water partition coefficient (Wildman–Crippen LogP) is 2.61. The molecule has 0 atom stereocenters. The topological polar surface area (TPSA) is 3.24 Å². The van der Waals surface area contributed by atoms with Crippen LogP contribution in [-0.2, 0) is 0 Å². The first-order valence-electron chi connectivity index (χ1n) is 3.76. The molecule has 0 amide bonds. The molecule has 0 aromatic heterocycles. The Hall–Kier alpha value is 0.107. The summed E-state index contributed by atoms with van der Waals surface area (Å²) in [4.78, 5) is 2.00. The zero-order valence-electron chi connectivity index (χ0n) is 7.39. The highest BCUT2D eigenvalue weighted by atomic mass is 35.8. The standard InChI is InChI=1S/C8H10Cl3NSi/c1-12(2)7-3-5-8(6-4-7)13(9,10)11/h3-6H,1-2H3. The lowest BCUT2D eigenvalue weighted by Crippen LogP contribution is -2.29. The van der Waals surface area contributed by atoms with E-state index >= 15 is 0 Å². The summed E-state index contributed by atoms with van der Waals surface area (Å²) in [5.74, 6) is 0. The quantitative estimate of drug-likeness (QED) is 0.579. The van der Waals surface area contributed by atoms with Gasteiger partial charge in [-0.05, 0) is 17.3 Å². The molecule has 0 spiro atoms. The predicted molar refractivity (Wildman–Crippen MR) is 63.7 cm³/mol. The molecule has 0 aliphatic rings. The van der Waals surface area contributed by atoms with E-state index in [1.54, 1.807) is 0 Å². The molecule has 0 saturated heterocycles. The van der Waals surface area contributed by atoms with Crippen molar-refractivity contribution in [1.29, 1.82) is 0 Å². The van der Waals surface area contributed by atoms with Crippen molar-refractivity contribution < 1.29 is 0 Å². The van der Waals surface area contributed by atoms with Crippen LogP contribution in [0, 0.1) is 0 Å². The average molecular weight is 255 g/mol. The minimum atomic E-state index is -2.69.